The number of carbonyl (C=O) groups excluding carboxylic acids is 2. The molecule has 1 aliphatic carbocycles. The smallest absolute Gasteiger partial charge is 0.413 e. The normalized spacial score (nSPS) is 12.4. The Balaban J connectivity index is 1.18. The van der Waals surface area contributed by atoms with E-state index in [1.54, 1.807) is 56.6 Å². The molecule has 10 nitrogen and oxygen atoms in total. The molecular weight excluding hydrogens is 574 g/mol. The molecule has 45 heavy (non-hydrogen) atoms. The molecule has 1 N–H and O–H groups in total. The molecular formula is C35H33N3O7. The molecule has 0 atom stereocenters. The van der Waals surface area contributed by atoms with Crippen LogP contribution in [0.2, 0.25) is 0 Å². The SMILES string of the molecule is CNC(=O)c1cccc2cc(Oc3ccnc4cc(OCN(C(=O)OCc5ccc(OC)cc5)C5CC5)c(OC)cc34)ccc12. The van der Waals surface area contributed by atoms with Crippen molar-refractivity contribution in [3.8, 4) is 28.7 Å². The predicted octanol–water partition coefficient (Wildman–Crippen LogP) is 6.69. The van der Waals surface area contributed by atoms with Crippen LogP contribution >= 0.6 is 0 Å². The third-order valence-corrected chi connectivity index (χ3v) is 7.64. The van der Waals surface area contributed by atoms with Gasteiger partial charge in [0.1, 0.15) is 23.9 Å². The summed E-state index contributed by atoms with van der Waals surface area (Å²) in [6.07, 6.45) is 2.99. The van der Waals surface area contributed by atoms with Crippen molar-refractivity contribution in [2.24, 2.45) is 0 Å². The van der Waals surface area contributed by atoms with E-state index >= 15 is 0 Å². The number of hydrogen-bond acceptors (Lipinski definition) is 8. The molecule has 4 aromatic carbocycles. The van der Waals surface area contributed by atoms with Crippen LogP contribution in [0.5, 0.6) is 28.7 Å². The Morgan fingerprint density at radius 3 is 2.40 bits per heavy atom. The summed E-state index contributed by atoms with van der Waals surface area (Å²) >= 11 is 0. The second-order valence-corrected chi connectivity index (χ2v) is 10.6. The van der Waals surface area contributed by atoms with Gasteiger partial charge in [0.2, 0.25) is 0 Å². The van der Waals surface area contributed by atoms with Crippen molar-refractivity contribution >= 4 is 33.7 Å². The van der Waals surface area contributed by atoms with Gasteiger partial charge in [0, 0.05) is 36.3 Å². The van der Waals surface area contributed by atoms with Gasteiger partial charge in [-0.2, -0.15) is 0 Å². The maximum Gasteiger partial charge on any atom is 0.413 e. The maximum absolute atomic E-state index is 13.0. The number of methoxy groups -OCH3 is 2. The molecule has 1 heterocycles. The zero-order valence-corrected chi connectivity index (χ0v) is 25.2. The quantitative estimate of drug-likeness (QED) is 0.165. The zero-order valence-electron chi connectivity index (χ0n) is 25.2. The number of nitrogens with zero attached hydrogens (tertiary/aromatic N) is 2. The van der Waals surface area contributed by atoms with E-state index in [1.807, 2.05) is 54.6 Å². The number of ether oxygens (including phenoxy) is 5. The van der Waals surface area contributed by atoms with Crippen LogP contribution in [0.25, 0.3) is 21.7 Å². The average Bonchev–Trinajstić information content (AvgIpc) is 3.92. The van der Waals surface area contributed by atoms with Crippen molar-refractivity contribution < 1.29 is 33.3 Å². The number of amides is 2. The van der Waals surface area contributed by atoms with Crippen LogP contribution in [0.1, 0.15) is 28.8 Å². The summed E-state index contributed by atoms with van der Waals surface area (Å²) in [6, 6.07) is 24.0. The molecule has 0 saturated heterocycles. The molecule has 6 rings (SSSR count). The summed E-state index contributed by atoms with van der Waals surface area (Å²) in [5, 5.41) is 5.11. The zero-order chi connectivity index (χ0) is 31.3. The van der Waals surface area contributed by atoms with Gasteiger partial charge in [-0.3, -0.25) is 14.7 Å². The Kier molecular flexibility index (Phi) is 8.54. The lowest BCUT2D eigenvalue weighted by Gasteiger charge is -2.23. The standard InChI is InChI=1S/C35H33N3O7/c1-36-34(39)28-6-4-5-23-17-26(13-14-27(23)28)45-31-15-16-37-30-19-33(32(42-3)18-29(30)31)44-21-38(24-9-10-24)35(40)43-20-22-7-11-25(41-2)12-8-22/h4-8,11-19,24H,9-10,20-21H2,1-3H3,(H,36,39). The van der Waals surface area contributed by atoms with Crippen molar-refractivity contribution in [2.45, 2.75) is 25.5 Å². The highest BCUT2D eigenvalue weighted by atomic mass is 16.6. The topological polar surface area (TPSA) is 108 Å². The lowest BCUT2D eigenvalue weighted by atomic mass is 10.0. The van der Waals surface area contributed by atoms with Gasteiger partial charge in [0.05, 0.1) is 19.7 Å². The molecule has 5 aromatic rings. The molecule has 0 aliphatic heterocycles. The minimum Gasteiger partial charge on any atom is -0.497 e. The number of rotatable bonds is 11. The van der Waals surface area contributed by atoms with Crippen LogP contribution in [0, 0.1) is 0 Å². The fraction of sp³-hybridized carbons (Fsp3) is 0.229. The molecule has 0 bridgehead atoms. The van der Waals surface area contributed by atoms with Gasteiger partial charge >= 0.3 is 6.09 Å². The van der Waals surface area contributed by atoms with Gasteiger partial charge in [-0.1, -0.05) is 24.3 Å². The Hall–Kier alpha value is -5.51. The lowest BCUT2D eigenvalue weighted by Crippen LogP contribution is -2.36. The number of hydrogen-bond donors (Lipinski definition) is 1. The fourth-order valence-corrected chi connectivity index (χ4v) is 5.06. The van der Waals surface area contributed by atoms with Gasteiger partial charge < -0.3 is 29.0 Å². The van der Waals surface area contributed by atoms with E-state index in [2.05, 4.69) is 10.3 Å². The second kappa shape index (κ2) is 13.0. The summed E-state index contributed by atoms with van der Waals surface area (Å²) in [5.41, 5.74) is 2.09. The number of aromatic nitrogens is 1. The molecule has 1 aliphatic rings. The van der Waals surface area contributed by atoms with Gasteiger partial charge in [-0.25, -0.2) is 4.79 Å². The molecule has 0 unspecified atom stereocenters. The number of pyridine rings is 1. The van der Waals surface area contributed by atoms with E-state index in [0.717, 1.165) is 40.3 Å². The van der Waals surface area contributed by atoms with Gasteiger partial charge in [-0.15, -0.1) is 0 Å². The third kappa shape index (κ3) is 6.54. The Morgan fingerprint density at radius 2 is 1.67 bits per heavy atom. The molecule has 1 aromatic heterocycles. The van der Waals surface area contributed by atoms with Crippen LogP contribution in [0.4, 0.5) is 4.79 Å². The number of carbonyl (C=O) groups is 2. The van der Waals surface area contributed by atoms with E-state index in [-0.39, 0.29) is 25.3 Å². The van der Waals surface area contributed by atoms with Crippen molar-refractivity contribution in [1.29, 1.82) is 0 Å². The monoisotopic (exact) mass is 607 g/mol. The molecule has 1 fully saturated rings. The Labute approximate surface area is 260 Å². The van der Waals surface area contributed by atoms with E-state index in [0.29, 0.717) is 34.1 Å². The van der Waals surface area contributed by atoms with E-state index in [4.69, 9.17) is 23.7 Å². The molecule has 0 spiro atoms. The van der Waals surface area contributed by atoms with E-state index in [1.165, 1.54) is 0 Å². The molecule has 10 heteroatoms. The van der Waals surface area contributed by atoms with Crippen LogP contribution < -0.4 is 24.3 Å². The highest BCUT2D eigenvalue weighted by Gasteiger charge is 2.34. The average molecular weight is 608 g/mol. The van der Waals surface area contributed by atoms with Crippen molar-refractivity contribution in [1.82, 2.24) is 15.2 Å². The Morgan fingerprint density at radius 1 is 0.867 bits per heavy atom. The molecule has 230 valence electrons. The molecule has 2 amide bonds. The second-order valence-electron chi connectivity index (χ2n) is 10.6. The number of nitrogens with one attached hydrogen (secondary N) is 1. The van der Waals surface area contributed by atoms with Crippen molar-refractivity contribution in [3.63, 3.8) is 0 Å². The van der Waals surface area contributed by atoms with Crippen LogP contribution in [-0.2, 0) is 11.3 Å². The van der Waals surface area contributed by atoms with E-state index < -0.39 is 6.09 Å². The fourth-order valence-electron chi connectivity index (χ4n) is 5.06. The molecule has 1 saturated carbocycles. The summed E-state index contributed by atoms with van der Waals surface area (Å²) in [7, 11) is 4.77. The lowest BCUT2D eigenvalue weighted by molar-refractivity contribution is 0.0606. The minimum atomic E-state index is -0.445. The minimum absolute atomic E-state index is 0.000693. The van der Waals surface area contributed by atoms with Gasteiger partial charge in [-0.05, 0) is 77.7 Å². The Bertz CT molecular complexity index is 1850. The summed E-state index contributed by atoms with van der Waals surface area (Å²) < 4.78 is 28.9. The first-order chi connectivity index (χ1) is 22.0. The number of benzene rings is 4. The summed E-state index contributed by atoms with van der Waals surface area (Å²) in [6.45, 7) is 0.143. The first kappa shape index (κ1) is 29.6. The third-order valence-electron chi connectivity index (χ3n) is 7.64. The van der Waals surface area contributed by atoms with Crippen molar-refractivity contribution in [3.05, 3.63) is 96.2 Å². The highest BCUT2D eigenvalue weighted by Crippen LogP contribution is 2.38. The van der Waals surface area contributed by atoms with Crippen LogP contribution in [0.3, 0.4) is 0 Å². The van der Waals surface area contributed by atoms with Crippen LogP contribution in [0.15, 0.2) is 85.1 Å². The maximum atomic E-state index is 13.0. The van der Waals surface area contributed by atoms with Crippen LogP contribution in [-0.4, -0.2) is 55.9 Å². The largest absolute Gasteiger partial charge is 0.497 e. The summed E-state index contributed by atoms with van der Waals surface area (Å²) in [4.78, 5) is 31.4. The van der Waals surface area contributed by atoms with Gasteiger partial charge in [0.25, 0.3) is 5.91 Å². The van der Waals surface area contributed by atoms with Gasteiger partial charge in [0.15, 0.2) is 18.2 Å². The summed E-state index contributed by atoms with van der Waals surface area (Å²) in [5.74, 6) is 2.68. The van der Waals surface area contributed by atoms with Crippen molar-refractivity contribution in [2.75, 3.05) is 28.0 Å². The first-order valence-corrected chi connectivity index (χ1v) is 14.6. The predicted molar refractivity (Wildman–Crippen MR) is 169 cm³/mol. The number of fused-ring (bicyclic) bond motifs is 2. The molecule has 0 radical (unpaired) electrons. The highest BCUT2D eigenvalue weighted by molar-refractivity contribution is 6.07. The van der Waals surface area contributed by atoms with E-state index in [9.17, 15) is 9.59 Å². The first-order valence-electron chi connectivity index (χ1n) is 14.6.